The molecular formula is C18H12FN3O4. The number of amides is 1. The van der Waals surface area contributed by atoms with Gasteiger partial charge in [-0.2, -0.15) is 0 Å². The highest BCUT2D eigenvalue weighted by molar-refractivity contribution is 6.04. The number of halogens is 1. The molecule has 1 aromatic heterocycles. The monoisotopic (exact) mass is 353 g/mol. The van der Waals surface area contributed by atoms with Gasteiger partial charge in [-0.1, -0.05) is 6.07 Å². The number of hydrogen-bond donors (Lipinski definition) is 1. The molecule has 1 N–H and O–H groups in total. The maximum atomic E-state index is 13.2. The van der Waals surface area contributed by atoms with Crippen molar-refractivity contribution in [2.45, 2.75) is 0 Å². The number of non-ortho nitro benzene ring substituents is 1. The smallest absolute Gasteiger partial charge is 0.275 e. The summed E-state index contributed by atoms with van der Waals surface area (Å²) >= 11 is 0. The fraction of sp³-hybridized carbons (Fsp3) is 0. The Morgan fingerprint density at radius 1 is 1.12 bits per heavy atom. The van der Waals surface area contributed by atoms with Crippen LogP contribution in [0.2, 0.25) is 0 Å². The molecule has 0 saturated heterocycles. The summed E-state index contributed by atoms with van der Waals surface area (Å²) in [5.41, 5.74) is -0.0282. The highest BCUT2D eigenvalue weighted by Gasteiger charge is 2.14. The molecule has 0 aliphatic carbocycles. The third-order valence-electron chi connectivity index (χ3n) is 3.32. The van der Waals surface area contributed by atoms with Crippen LogP contribution in [0.5, 0.6) is 11.5 Å². The molecule has 1 heterocycles. The van der Waals surface area contributed by atoms with Gasteiger partial charge in [-0.25, -0.2) is 4.39 Å². The van der Waals surface area contributed by atoms with Gasteiger partial charge in [-0.05, 0) is 30.3 Å². The Balaban J connectivity index is 1.88. The topological polar surface area (TPSA) is 94.4 Å². The summed E-state index contributed by atoms with van der Waals surface area (Å²) in [6.07, 6.45) is 3.01. The summed E-state index contributed by atoms with van der Waals surface area (Å²) in [6.45, 7) is 0. The van der Waals surface area contributed by atoms with Crippen LogP contribution in [0.4, 0.5) is 15.8 Å². The Hall–Kier alpha value is -3.81. The summed E-state index contributed by atoms with van der Waals surface area (Å²) in [5, 5.41) is 13.6. The van der Waals surface area contributed by atoms with Crippen molar-refractivity contribution in [1.82, 2.24) is 4.98 Å². The minimum absolute atomic E-state index is 0.0891. The summed E-state index contributed by atoms with van der Waals surface area (Å²) in [6, 6.07) is 12.2. The lowest BCUT2D eigenvalue weighted by atomic mass is 10.2. The highest BCUT2D eigenvalue weighted by atomic mass is 19.1. The average molecular weight is 353 g/mol. The van der Waals surface area contributed by atoms with Gasteiger partial charge in [0.1, 0.15) is 17.3 Å². The van der Waals surface area contributed by atoms with Gasteiger partial charge < -0.3 is 10.1 Å². The number of rotatable bonds is 5. The summed E-state index contributed by atoms with van der Waals surface area (Å²) in [4.78, 5) is 26.6. The molecule has 8 heteroatoms. The lowest BCUT2D eigenvalue weighted by molar-refractivity contribution is -0.384. The van der Waals surface area contributed by atoms with E-state index in [0.717, 1.165) is 6.07 Å². The molecule has 130 valence electrons. The number of carbonyl (C=O) groups is 1. The van der Waals surface area contributed by atoms with Crippen LogP contribution in [0, 0.1) is 15.9 Å². The number of anilines is 1. The van der Waals surface area contributed by atoms with Crippen LogP contribution in [0.25, 0.3) is 0 Å². The second kappa shape index (κ2) is 7.39. The van der Waals surface area contributed by atoms with Gasteiger partial charge in [-0.3, -0.25) is 19.9 Å². The van der Waals surface area contributed by atoms with Crippen molar-refractivity contribution in [2.24, 2.45) is 0 Å². The first-order chi connectivity index (χ1) is 12.5. The first kappa shape index (κ1) is 17.0. The molecule has 0 fully saturated rings. The molecule has 0 spiro atoms. The number of ether oxygens (including phenoxy) is 1. The first-order valence-corrected chi connectivity index (χ1v) is 7.45. The normalized spacial score (nSPS) is 10.2. The molecule has 0 aliphatic heterocycles. The summed E-state index contributed by atoms with van der Waals surface area (Å²) < 4.78 is 18.8. The second-order valence-electron chi connectivity index (χ2n) is 5.23. The largest absolute Gasteiger partial charge is 0.455 e. The van der Waals surface area contributed by atoms with E-state index in [4.69, 9.17) is 4.74 Å². The van der Waals surface area contributed by atoms with Gasteiger partial charge in [0, 0.05) is 23.9 Å². The standard InChI is InChI=1S/C18H12FN3O4/c19-13-4-1-3-12(7-13)18(23)21-14-8-15(22(24)25)10-17(9-14)26-16-5-2-6-20-11-16/h1-11H,(H,21,23). The molecule has 7 nitrogen and oxygen atoms in total. The number of nitro benzene ring substituents is 1. The number of benzene rings is 2. The van der Waals surface area contributed by atoms with E-state index in [-0.39, 0.29) is 22.7 Å². The van der Waals surface area contributed by atoms with Gasteiger partial charge in [0.15, 0.2) is 0 Å². The quantitative estimate of drug-likeness (QED) is 0.549. The van der Waals surface area contributed by atoms with Crippen LogP contribution in [-0.4, -0.2) is 15.8 Å². The SMILES string of the molecule is O=C(Nc1cc(Oc2cccnc2)cc([N+](=O)[O-])c1)c1cccc(F)c1. The number of nitro groups is 1. The van der Waals surface area contributed by atoms with Crippen molar-refractivity contribution in [3.8, 4) is 11.5 Å². The predicted octanol–water partition coefficient (Wildman–Crippen LogP) is 4.17. The number of nitrogens with one attached hydrogen (secondary N) is 1. The molecule has 0 radical (unpaired) electrons. The Morgan fingerprint density at radius 2 is 1.96 bits per heavy atom. The van der Waals surface area contributed by atoms with Crippen molar-refractivity contribution in [2.75, 3.05) is 5.32 Å². The van der Waals surface area contributed by atoms with Crippen molar-refractivity contribution in [3.05, 3.63) is 88.5 Å². The zero-order valence-corrected chi connectivity index (χ0v) is 13.3. The molecule has 2 aromatic carbocycles. The van der Waals surface area contributed by atoms with E-state index in [2.05, 4.69) is 10.3 Å². The van der Waals surface area contributed by atoms with E-state index >= 15 is 0 Å². The van der Waals surface area contributed by atoms with Gasteiger partial charge in [0.25, 0.3) is 11.6 Å². The summed E-state index contributed by atoms with van der Waals surface area (Å²) in [7, 11) is 0. The van der Waals surface area contributed by atoms with Crippen molar-refractivity contribution in [3.63, 3.8) is 0 Å². The van der Waals surface area contributed by atoms with Gasteiger partial charge >= 0.3 is 0 Å². The van der Waals surface area contributed by atoms with Crippen molar-refractivity contribution < 1.29 is 18.8 Å². The van der Waals surface area contributed by atoms with E-state index in [9.17, 15) is 19.3 Å². The Bertz CT molecular complexity index is 964. The van der Waals surface area contributed by atoms with E-state index in [1.807, 2.05) is 0 Å². The minimum atomic E-state index is -0.603. The third kappa shape index (κ3) is 4.18. The molecule has 0 aliphatic rings. The third-order valence-corrected chi connectivity index (χ3v) is 3.32. The number of pyridine rings is 1. The molecule has 1 amide bonds. The van der Waals surface area contributed by atoms with Crippen molar-refractivity contribution >= 4 is 17.3 Å². The zero-order chi connectivity index (χ0) is 18.5. The maximum absolute atomic E-state index is 13.2. The van der Waals surface area contributed by atoms with Crippen LogP contribution >= 0.6 is 0 Å². The van der Waals surface area contributed by atoms with E-state index in [0.29, 0.717) is 5.75 Å². The average Bonchev–Trinajstić information content (AvgIpc) is 2.62. The van der Waals surface area contributed by atoms with Crippen LogP contribution in [0.1, 0.15) is 10.4 Å². The fourth-order valence-corrected chi connectivity index (χ4v) is 2.20. The Labute approximate surface area is 147 Å². The summed E-state index contributed by atoms with van der Waals surface area (Å²) in [5.74, 6) is -0.619. The highest BCUT2D eigenvalue weighted by Crippen LogP contribution is 2.29. The number of carbonyl (C=O) groups excluding carboxylic acids is 1. The van der Waals surface area contributed by atoms with E-state index < -0.39 is 16.6 Å². The minimum Gasteiger partial charge on any atom is -0.455 e. The molecule has 0 unspecified atom stereocenters. The zero-order valence-electron chi connectivity index (χ0n) is 13.3. The fourth-order valence-electron chi connectivity index (χ4n) is 2.20. The Kier molecular flexibility index (Phi) is 4.84. The molecule has 0 atom stereocenters. The van der Waals surface area contributed by atoms with Crippen LogP contribution in [-0.2, 0) is 0 Å². The molecule has 3 rings (SSSR count). The number of nitrogens with zero attached hydrogens (tertiary/aromatic N) is 2. The number of aromatic nitrogens is 1. The molecule has 3 aromatic rings. The molecule has 26 heavy (non-hydrogen) atoms. The predicted molar refractivity (Wildman–Crippen MR) is 91.8 cm³/mol. The Morgan fingerprint density at radius 3 is 2.65 bits per heavy atom. The van der Waals surface area contributed by atoms with Gasteiger partial charge in [-0.15, -0.1) is 0 Å². The first-order valence-electron chi connectivity index (χ1n) is 7.45. The molecule has 0 bridgehead atoms. The molecule has 0 saturated carbocycles. The lowest BCUT2D eigenvalue weighted by Gasteiger charge is -2.09. The lowest BCUT2D eigenvalue weighted by Crippen LogP contribution is -2.12. The van der Waals surface area contributed by atoms with Crippen molar-refractivity contribution in [1.29, 1.82) is 0 Å². The maximum Gasteiger partial charge on any atom is 0.275 e. The van der Waals surface area contributed by atoms with Gasteiger partial charge in [0.05, 0.1) is 22.9 Å². The van der Waals surface area contributed by atoms with Gasteiger partial charge in [0.2, 0.25) is 0 Å². The van der Waals surface area contributed by atoms with Crippen LogP contribution in [0.3, 0.4) is 0 Å². The second-order valence-corrected chi connectivity index (χ2v) is 5.23. The number of hydrogen-bond acceptors (Lipinski definition) is 5. The van der Waals surface area contributed by atoms with E-state index in [1.54, 1.807) is 18.3 Å². The van der Waals surface area contributed by atoms with E-state index in [1.165, 1.54) is 42.6 Å². The van der Waals surface area contributed by atoms with Crippen LogP contribution < -0.4 is 10.1 Å². The molecular weight excluding hydrogens is 341 g/mol. The van der Waals surface area contributed by atoms with Crippen LogP contribution in [0.15, 0.2) is 67.0 Å².